The normalized spacial score (nSPS) is 12.4. The minimum absolute atomic E-state index is 0.220. The van der Waals surface area contributed by atoms with Crippen molar-refractivity contribution >= 4 is 29.2 Å². The highest BCUT2D eigenvalue weighted by Gasteiger charge is 2.26. The molecule has 0 aliphatic heterocycles. The summed E-state index contributed by atoms with van der Waals surface area (Å²) in [4.78, 5) is 5.65. The second-order valence-corrected chi connectivity index (χ2v) is 5.26. The Hall–Kier alpha value is -1.14. The van der Waals surface area contributed by atoms with Gasteiger partial charge in [0.05, 0.1) is 16.5 Å². The van der Waals surface area contributed by atoms with E-state index < -0.39 is 12.6 Å². The van der Waals surface area contributed by atoms with Crippen LogP contribution in [0.25, 0.3) is 0 Å². The zero-order valence-corrected chi connectivity index (χ0v) is 13.1. The molecule has 0 fully saturated rings. The fourth-order valence-corrected chi connectivity index (χ4v) is 2.01. The number of hydrogen-bond acceptors (Lipinski definition) is 1. The number of guanidine groups is 1. The van der Waals surface area contributed by atoms with Gasteiger partial charge in [-0.25, -0.2) is 0 Å². The Morgan fingerprint density at radius 3 is 2.48 bits per heavy atom. The molecule has 0 aliphatic rings. The van der Waals surface area contributed by atoms with E-state index in [0.29, 0.717) is 22.5 Å². The van der Waals surface area contributed by atoms with Crippen LogP contribution in [0.2, 0.25) is 10.0 Å². The summed E-state index contributed by atoms with van der Waals surface area (Å²) in [6.07, 6.45) is -5.10. The van der Waals surface area contributed by atoms with Gasteiger partial charge < -0.3 is 10.2 Å². The van der Waals surface area contributed by atoms with Gasteiger partial charge in [-0.1, -0.05) is 29.3 Å². The highest BCUT2D eigenvalue weighted by atomic mass is 35.5. The molecular formula is C13H16Cl2F3N3. The van der Waals surface area contributed by atoms with Crippen LogP contribution in [0.15, 0.2) is 23.2 Å². The lowest BCUT2D eigenvalue weighted by Gasteiger charge is -2.22. The van der Waals surface area contributed by atoms with Crippen LogP contribution in [0.3, 0.4) is 0 Å². The van der Waals surface area contributed by atoms with E-state index in [4.69, 9.17) is 23.2 Å². The Balaban J connectivity index is 2.59. The van der Waals surface area contributed by atoms with E-state index in [-0.39, 0.29) is 6.54 Å². The molecule has 0 aromatic heterocycles. The number of hydrogen-bond donors (Lipinski definition) is 1. The molecule has 21 heavy (non-hydrogen) atoms. The van der Waals surface area contributed by atoms with Crippen LogP contribution < -0.4 is 5.32 Å². The third kappa shape index (κ3) is 6.44. The first-order valence-corrected chi connectivity index (χ1v) is 6.91. The predicted molar refractivity (Wildman–Crippen MR) is 80.0 cm³/mol. The average molecular weight is 342 g/mol. The maximum atomic E-state index is 12.1. The molecule has 0 heterocycles. The van der Waals surface area contributed by atoms with Gasteiger partial charge >= 0.3 is 6.18 Å². The standard InChI is InChI=1S/C13H16Cl2F3N3/c1-19-12(20-6-5-13(16,17)18)21(2)8-9-3-4-10(14)11(15)7-9/h3-4,7H,5-6,8H2,1-2H3,(H,19,20). The van der Waals surface area contributed by atoms with Gasteiger partial charge in [0.2, 0.25) is 0 Å². The number of nitrogens with zero attached hydrogens (tertiary/aromatic N) is 2. The predicted octanol–water partition coefficient (Wildman–Crippen LogP) is 3.95. The lowest BCUT2D eigenvalue weighted by atomic mass is 10.2. The summed E-state index contributed by atoms with van der Waals surface area (Å²) in [7, 11) is 3.24. The third-order valence-electron chi connectivity index (χ3n) is 2.67. The van der Waals surface area contributed by atoms with Crippen LogP contribution in [-0.4, -0.2) is 37.7 Å². The van der Waals surface area contributed by atoms with Crippen LogP contribution >= 0.6 is 23.2 Å². The first kappa shape index (κ1) is 17.9. The topological polar surface area (TPSA) is 27.6 Å². The molecule has 8 heteroatoms. The molecule has 1 rings (SSSR count). The van der Waals surface area contributed by atoms with Crippen molar-refractivity contribution < 1.29 is 13.2 Å². The van der Waals surface area contributed by atoms with E-state index in [2.05, 4.69) is 10.3 Å². The number of halogens is 5. The highest BCUT2D eigenvalue weighted by molar-refractivity contribution is 6.42. The van der Waals surface area contributed by atoms with Crippen LogP contribution in [0, 0.1) is 0 Å². The lowest BCUT2D eigenvalue weighted by Crippen LogP contribution is -2.39. The first-order valence-electron chi connectivity index (χ1n) is 6.15. The molecule has 0 saturated heterocycles. The first-order chi connectivity index (χ1) is 9.73. The smallest absolute Gasteiger partial charge is 0.356 e. The molecule has 0 saturated carbocycles. The quantitative estimate of drug-likeness (QED) is 0.663. The molecule has 1 aromatic rings. The molecule has 0 atom stereocenters. The van der Waals surface area contributed by atoms with Crippen molar-refractivity contribution in [1.82, 2.24) is 10.2 Å². The summed E-state index contributed by atoms with van der Waals surface area (Å²) in [5, 5.41) is 3.56. The molecule has 1 N–H and O–H groups in total. The number of rotatable bonds is 4. The molecule has 0 unspecified atom stereocenters. The molecule has 0 spiro atoms. The van der Waals surface area contributed by atoms with E-state index in [0.717, 1.165) is 5.56 Å². The lowest BCUT2D eigenvalue weighted by molar-refractivity contribution is -0.132. The minimum atomic E-state index is -4.19. The van der Waals surface area contributed by atoms with E-state index in [1.54, 1.807) is 30.1 Å². The highest BCUT2D eigenvalue weighted by Crippen LogP contribution is 2.23. The number of alkyl halides is 3. The average Bonchev–Trinajstić information content (AvgIpc) is 2.37. The Morgan fingerprint density at radius 2 is 1.95 bits per heavy atom. The van der Waals surface area contributed by atoms with Gasteiger partial charge in [0.1, 0.15) is 0 Å². The van der Waals surface area contributed by atoms with Crippen LogP contribution in [0.5, 0.6) is 0 Å². The monoisotopic (exact) mass is 341 g/mol. The Kier molecular flexibility index (Phi) is 6.61. The zero-order chi connectivity index (χ0) is 16.0. The second kappa shape index (κ2) is 7.75. The third-order valence-corrected chi connectivity index (χ3v) is 3.41. The maximum Gasteiger partial charge on any atom is 0.390 e. The second-order valence-electron chi connectivity index (χ2n) is 4.44. The van der Waals surface area contributed by atoms with Crippen molar-refractivity contribution in [3.8, 4) is 0 Å². The van der Waals surface area contributed by atoms with Gasteiger partial charge in [-0.15, -0.1) is 0 Å². The number of benzene rings is 1. The molecule has 0 aliphatic carbocycles. The van der Waals surface area contributed by atoms with Crippen LogP contribution in [-0.2, 0) is 6.54 Å². The van der Waals surface area contributed by atoms with Crippen LogP contribution in [0.4, 0.5) is 13.2 Å². The van der Waals surface area contributed by atoms with Crippen molar-refractivity contribution in [2.75, 3.05) is 20.6 Å². The van der Waals surface area contributed by atoms with E-state index in [1.807, 2.05) is 0 Å². The summed E-state index contributed by atoms with van der Waals surface area (Å²) in [6, 6.07) is 5.18. The van der Waals surface area contributed by atoms with Crippen LogP contribution in [0.1, 0.15) is 12.0 Å². The van der Waals surface area contributed by atoms with Gasteiger partial charge in [0.15, 0.2) is 5.96 Å². The molecule has 0 radical (unpaired) electrons. The fraction of sp³-hybridized carbons (Fsp3) is 0.462. The van der Waals surface area contributed by atoms with Gasteiger partial charge in [-0.05, 0) is 17.7 Å². The van der Waals surface area contributed by atoms with Gasteiger partial charge in [0.25, 0.3) is 0 Å². The molecular weight excluding hydrogens is 326 g/mol. The van der Waals surface area contributed by atoms with E-state index in [9.17, 15) is 13.2 Å². The number of nitrogens with one attached hydrogen (secondary N) is 1. The molecule has 1 aromatic carbocycles. The molecule has 0 amide bonds. The molecule has 3 nitrogen and oxygen atoms in total. The van der Waals surface area contributed by atoms with Crippen molar-refractivity contribution in [3.05, 3.63) is 33.8 Å². The Labute approximate surface area is 131 Å². The summed E-state index contributed by atoms with van der Waals surface area (Å²) in [5.41, 5.74) is 0.880. The largest absolute Gasteiger partial charge is 0.390 e. The van der Waals surface area contributed by atoms with Gasteiger partial charge in [-0.2, -0.15) is 13.2 Å². The molecule has 118 valence electrons. The Morgan fingerprint density at radius 1 is 1.29 bits per heavy atom. The SMILES string of the molecule is CN=C(NCCC(F)(F)F)N(C)Cc1ccc(Cl)c(Cl)c1. The van der Waals surface area contributed by atoms with E-state index >= 15 is 0 Å². The maximum absolute atomic E-state index is 12.1. The summed E-state index contributed by atoms with van der Waals surface area (Å²) in [5.74, 6) is 0.380. The van der Waals surface area contributed by atoms with E-state index in [1.165, 1.54) is 7.05 Å². The molecule has 0 bridgehead atoms. The Bertz CT molecular complexity index is 504. The summed E-state index contributed by atoms with van der Waals surface area (Å²) in [6.45, 7) is 0.227. The van der Waals surface area contributed by atoms with Crippen molar-refractivity contribution in [2.24, 2.45) is 4.99 Å². The number of aliphatic imine (C=N–C) groups is 1. The van der Waals surface area contributed by atoms with Gasteiger partial charge in [0, 0.05) is 27.2 Å². The zero-order valence-electron chi connectivity index (χ0n) is 11.6. The van der Waals surface area contributed by atoms with Crippen molar-refractivity contribution in [2.45, 2.75) is 19.1 Å². The minimum Gasteiger partial charge on any atom is -0.356 e. The van der Waals surface area contributed by atoms with Gasteiger partial charge in [-0.3, -0.25) is 4.99 Å². The summed E-state index contributed by atoms with van der Waals surface area (Å²) < 4.78 is 36.4. The fourth-order valence-electron chi connectivity index (χ4n) is 1.69. The summed E-state index contributed by atoms with van der Waals surface area (Å²) >= 11 is 11.8. The van der Waals surface area contributed by atoms with Crippen molar-refractivity contribution in [1.29, 1.82) is 0 Å². The van der Waals surface area contributed by atoms with Crippen molar-refractivity contribution in [3.63, 3.8) is 0 Å².